The summed E-state index contributed by atoms with van der Waals surface area (Å²) in [7, 11) is 3.32. The molecule has 0 amide bonds. The van der Waals surface area contributed by atoms with Gasteiger partial charge in [0.05, 0.1) is 37.7 Å². The van der Waals surface area contributed by atoms with Gasteiger partial charge in [-0.15, -0.1) is 10.2 Å². The fourth-order valence-corrected chi connectivity index (χ4v) is 17.0. The van der Waals surface area contributed by atoms with Crippen molar-refractivity contribution < 1.29 is 41.9 Å². The monoisotopic (exact) mass is 2000 g/mol. The highest BCUT2D eigenvalue weighted by atomic mass is 32.1. The molecule has 0 saturated heterocycles. The van der Waals surface area contributed by atoms with Crippen molar-refractivity contribution in [3.05, 3.63) is 274 Å². The lowest BCUT2D eigenvalue weighted by molar-refractivity contribution is -0.385. The Labute approximate surface area is 865 Å². The van der Waals surface area contributed by atoms with E-state index in [1.54, 1.807) is 59.3 Å². The molecule has 0 aliphatic heterocycles. The number of fused-ring (bicyclic) bond motifs is 2. The topological polar surface area (TPSA) is 212 Å². The number of methoxy groups -OCH3 is 1. The predicted octanol–water partition coefficient (Wildman–Crippen LogP) is 37.0. The molecule has 2 aliphatic carbocycles. The van der Waals surface area contributed by atoms with Crippen molar-refractivity contribution in [3.8, 4) is 0 Å². The van der Waals surface area contributed by atoms with Crippen LogP contribution in [0.25, 0.3) is 21.3 Å². The average Bonchev–Trinajstić information content (AvgIpc) is 1.67. The van der Waals surface area contributed by atoms with E-state index in [1.807, 2.05) is 91.1 Å². The Kier molecular flexibility index (Phi) is 53.6. The minimum absolute atomic E-state index is 0.0192. The first kappa shape index (κ1) is 129. The lowest BCUT2D eigenvalue weighted by Gasteiger charge is -2.25. The van der Waals surface area contributed by atoms with Gasteiger partial charge in [0, 0.05) is 49.0 Å². The van der Waals surface area contributed by atoms with E-state index >= 15 is 0 Å². The number of carbonyl (C=O) groups excluding carboxylic acids is 1. The van der Waals surface area contributed by atoms with Crippen LogP contribution in [0.3, 0.4) is 0 Å². The summed E-state index contributed by atoms with van der Waals surface area (Å²) in [6.07, 6.45) is 27.2. The average molecular weight is 2000 g/mol. The molecule has 2 heterocycles. The SMILES string of the molecule is CC(C)(C)CC1CCCC1.CC(C)(C)CCC1CCCCC1.CC(C)(C)Cc1ccc(F)cc1F.CC(C)(C)Cc1ccc2snnc2c1.CC(C)(C)Cc1cccc(F)c1F.CC(C)(C)Cc1cccc([N+](=O)[O-])c1.CC(C)(C)Cc1cccc([N+](=O)[O-])c1.CC(C)(C)Cc1ccccc1[N+](=O)[O-].CC(C)CCC(C)(C)C.COC(=O)c1cccc(CC(C)(C)C)c1.Cn1nnc2cc(CC(C)(C)C)ccc21. The second kappa shape index (κ2) is 59.2. The Balaban J connectivity index is 0.000000533. The van der Waals surface area contributed by atoms with Crippen LogP contribution in [0.4, 0.5) is 34.6 Å². The molecule has 0 unspecified atom stereocenters. The van der Waals surface area contributed by atoms with Gasteiger partial charge in [-0.25, -0.2) is 27.0 Å². The summed E-state index contributed by atoms with van der Waals surface area (Å²) in [6, 6.07) is 49.1. The van der Waals surface area contributed by atoms with Crippen LogP contribution >= 0.6 is 11.5 Å². The van der Waals surface area contributed by atoms with Crippen molar-refractivity contribution >= 4 is 55.8 Å². The van der Waals surface area contributed by atoms with Crippen molar-refractivity contribution in [2.45, 2.75) is 384 Å². The minimum atomic E-state index is -0.762. The van der Waals surface area contributed by atoms with E-state index in [0.717, 1.165) is 102 Å². The maximum absolute atomic E-state index is 13.2. The molecular formula is C122H186F4N8O8S. The lowest BCUT2D eigenvalue weighted by atomic mass is 9.81. The number of nitro benzene ring substituents is 3. The van der Waals surface area contributed by atoms with Gasteiger partial charge in [-0.1, -0.05) is 401 Å². The van der Waals surface area contributed by atoms with Crippen LogP contribution in [-0.2, 0) is 63.2 Å². The van der Waals surface area contributed by atoms with E-state index in [9.17, 15) is 52.7 Å². The maximum atomic E-state index is 13.2. The van der Waals surface area contributed by atoms with Crippen LogP contribution in [-0.4, -0.2) is 52.4 Å². The number of nitro groups is 3. The van der Waals surface area contributed by atoms with Gasteiger partial charge in [0.2, 0.25) is 0 Å². The molecule has 143 heavy (non-hydrogen) atoms. The number of benzene rings is 8. The zero-order valence-electron chi connectivity index (χ0n) is 95.2. The highest BCUT2D eigenvalue weighted by Crippen LogP contribution is 2.38. The first-order valence-electron chi connectivity index (χ1n) is 51.7. The zero-order chi connectivity index (χ0) is 109. The molecule has 12 rings (SSSR count). The Morgan fingerprint density at radius 1 is 0.399 bits per heavy atom. The fraction of sp³-hybridized carbons (Fsp3) is 0.598. The maximum Gasteiger partial charge on any atom is 0.337 e. The first-order valence-corrected chi connectivity index (χ1v) is 52.4. The summed E-state index contributed by atoms with van der Waals surface area (Å²) in [5.74, 6) is 0.275. The molecule has 0 bridgehead atoms. The minimum Gasteiger partial charge on any atom is -0.465 e. The Morgan fingerprint density at radius 3 is 1.23 bits per heavy atom. The number of carbonyl (C=O) groups is 1. The summed E-state index contributed by atoms with van der Waals surface area (Å²) < 4.78 is 63.2. The normalized spacial score (nSPS) is 13.2. The van der Waals surface area contributed by atoms with E-state index in [0.29, 0.717) is 56.6 Å². The standard InChI is InChI=1S/C13H18O2.C12H17N3.C12H24.2C11H14F2.C11H14N2S.3C11H15NO2.C10H20.C9H20/c1-13(2,3)9-10-6-5-7-11(8-10)12(14)15-4;1-12(2,3)8-9-5-6-11-10(7-9)13-14-15(11)4;1-12(2,3)10-9-11-7-5-4-6-8-11;1-11(2,3)7-8-4-5-9(12)6-10(8)13;1-11(2,3)7-8-5-4-6-9(12)10(8)13;1-11(2,3)7-8-4-5-10-9(6-8)12-13-14-10;2*1-11(2,3)8-9-5-4-6-10(7-9)12(13)14;1-11(2,3)8-9-6-4-5-7-10(9)12(13)14;1-10(2,3)8-9-6-4-5-7-9;1-8(2)6-7-9(3,4)5/h5-8H,9H2,1-4H3;5-7H,8H2,1-4H3;11H,4-10H2,1-3H3;2*4-6H,7H2,1-3H3;4-6H,7H2,1-3H3;3*4-7H,8H2,1-3H3;9H,4-8H2,1-3H3;8H,6-7H2,1-5H3. The zero-order valence-corrected chi connectivity index (χ0v) is 96.0. The summed E-state index contributed by atoms with van der Waals surface area (Å²) in [4.78, 5) is 42.0. The number of aryl methyl sites for hydroxylation is 1. The van der Waals surface area contributed by atoms with E-state index < -0.39 is 23.3 Å². The molecule has 21 heteroatoms. The number of nitrogens with zero attached hydrogens (tertiary/aromatic N) is 8. The second-order valence-corrected chi connectivity index (χ2v) is 53.7. The van der Waals surface area contributed by atoms with Crippen molar-refractivity contribution in [2.75, 3.05) is 7.11 Å². The largest absolute Gasteiger partial charge is 0.465 e. The van der Waals surface area contributed by atoms with Gasteiger partial charge < -0.3 is 4.74 Å². The molecule has 796 valence electrons. The predicted molar refractivity (Wildman–Crippen MR) is 596 cm³/mol. The summed E-state index contributed by atoms with van der Waals surface area (Å²) in [5.41, 5.74) is 15.0. The van der Waals surface area contributed by atoms with Crippen LogP contribution in [0.1, 0.15) is 387 Å². The van der Waals surface area contributed by atoms with Gasteiger partial charge >= 0.3 is 5.97 Å². The lowest BCUT2D eigenvalue weighted by Crippen LogP contribution is -2.11. The van der Waals surface area contributed by atoms with Crippen LogP contribution in [0, 0.1) is 131 Å². The van der Waals surface area contributed by atoms with Crippen LogP contribution in [0.2, 0.25) is 0 Å². The summed E-state index contributed by atoms with van der Waals surface area (Å²) in [5, 5.41) is 44.0. The van der Waals surface area contributed by atoms with Gasteiger partial charge in [0.15, 0.2) is 11.6 Å². The van der Waals surface area contributed by atoms with Crippen molar-refractivity contribution in [3.63, 3.8) is 0 Å². The highest BCUT2D eigenvalue weighted by molar-refractivity contribution is 7.12. The number of halogens is 4. The molecule has 2 aromatic heterocycles. The third-order valence-electron chi connectivity index (χ3n) is 22.5. The number of ether oxygens (including phenoxy) is 1. The van der Waals surface area contributed by atoms with Gasteiger partial charge in [-0.2, -0.15) is 0 Å². The van der Waals surface area contributed by atoms with Crippen molar-refractivity contribution in [2.24, 2.45) is 84.4 Å². The molecule has 0 spiro atoms. The molecule has 0 N–H and O–H groups in total. The molecule has 0 atom stereocenters. The summed E-state index contributed by atoms with van der Waals surface area (Å²) in [6.45, 7) is 76.6. The van der Waals surface area contributed by atoms with Gasteiger partial charge in [0.25, 0.3) is 17.1 Å². The van der Waals surface area contributed by atoms with Gasteiger partial charge in [0.1, 0.15) is 22.7 Å². The Hall–Kier alpha value is -9.63. The first-order chi connectivity index (χ1) is 65.4. The molecule has 8 aromatic carbocycles. The molecule has 0 radical (unpaired) electrons. The number of hydrogen-bond donors (Lipinski definition) is 0. The van der Waals surface area contributed by atoms with Crippen LogP contribution < -0.4 is 0 Å². The Bertz CT molecular complexity index is 5350. The van der Waals surface area contributed by atoms with E-state index in [1.165, 1.54) is 154 Å². The molecule has 2 fully saturated rings. The molecule has 10 aromatic rings. The highest BCUT2D eigenvalue weighted by Gasteiger charge is 2.26. The smallest absolute Gasteiger partial charge is 0.337 e. The number of rotatable bonds is 17. The van der Waals surface area contributed by atoms with E-state index in [4.69, 9.17) is 0 Å². The van der Waals surface area contributed by atoms with Crippen LogP contribution in [0.15, 0.2) is 170 Å². The van der Waals surface area contributed by atoms with Crippen molar-refractivity contribution in [1.29, 1.82) is 0 Å². The number of para-hydroxylation sites is 1. The Morgan fingerprint density at radius 2 is 0.804 bits per heavy atom. The molecule has 2 aliphatic rings. The number of aromatic nitrogens is 5. The number of non-ortho nitro benzene ring substituents is 2. The fourth-order valence-electron chi connectivity index (χ4n) is 16.5. The van der Waals surface area contributed by atoms with Crippen LogP contribution in [0.5, 0.6) is 0 Å². The van der Waals surface area contributed by atoms with E-state index in [-0.39, 0.29) is 70.3 Å². The number of hydrogen-bond acceptors (Lipinski definition) is 13. The van der Waals surface area contributed by atoms with Gasteiger partial charge in [-0.3, -0.25) is 30.3 Å². The quantitative estimate of drug-likeness (QED) is 0.0360. The molecular weight excluding hydrogens is 1810 g/mol. The third kappa shape index (κ3) is 62.7. The summed E-state index contributed by atoms with van der Waals surface area (Å²) >= 11 is 1.45. The van der Waals surface area contributed by atoms with Crippen molar-refractivity contribution in [1.82, 2.24) is 24.6 Å². The number of esters is 1. The third-order valence-corrected chi connectivity index (χ3v) is 23.2. The van der Waals surface area contributed by atoms with E-state index in [2.05, 4.69) is 262 Å². The van der Waals surface area contributed by atoms with Gasteiger partial charge in [-0.05, 0) is 253 Å². The molecule has 16 nitrogen and oxygen atoms in total. The second-order valence-electron chi connectivity index (χ2n) is 52.9. The molecule has 2 saturated carbocycles.